The number of unbranched alkanes of at least 4 members (excludes halogenated alkanes) is 39. The van der Waals surface area contributed by atoms with Crippen molar-refractivity contribution in [3.05, 3.63) is 99.6 Å². The van der Waals surface area contributed by atoms with Crippen molar-refractivity contribution in [1.82, 2.24) is 0 Å². The molecule has 0 saturated carbocycles. The molecule has 0 bridgehead atoms. The lowest BCUT2D eigenvalue weighted by atomic mass is 9.77. The zero-order valence-electron chi connectivity index (χ0n) is 55.4. The summed E-state index contributed by atoms with van der Waals surface area (Å²) in [4.78, 5) is 13.5. The van der Waals surface area contributed by atoms with Crippen molar-refractivity contribution in [1.29, 1.82) is 0 Å². The summed E-state index contributed by atoms with van der Waals surface area (Å²) in [6.07, 6.45) is 54.1. The fraction of sp³-hybridized carbons (Fsp3) is 0.684. The molecule has 0 unspecified atom stereocenters. The summed E-state index contributed by atoms with van der Waals surface area (Å²) >= 11 is 0. The third-order valence-corrected chi connectivity index (χ3v) is 17.5. The molecule has 0 spiro atoms. The molecule has 0 fully saturated rings. The van der Waals surface area contributed by atoms with Crippen LogP contribution in [0.1, 0.15) is 307 Å². The average molecular weight is 1190 g/mol. The van der Waals surface area contributed by atoms with E-state index in [0.717, 1.165) is 38.5 Å². The van der Waals surface area contributed by atoms with Crippen LogP contribution in [0.5, 0.6) is 34.5 Å². The van der Waals surface area contributed by atoms with Crippen molar-refractivity contribution in [2.24, 2.45) is 0 Å². The normalized spacial score (nSPS) is 11.5. The molecule has 0 amide bonds. The molecule has 0 aliphatic carbocycles. The number of nitro benzene ring substituents is 1. The maximum Gasteiger partial charge on any atom is 0.291 e. The van der Waals surface area contributed by atoms with Crippen LogP contribution in [0.4, 0.5) is 5.69 Å². The lowest BCUT2D eigenvalue weighted by molar-refractivity contribution is -0.385. The molecule has 4 rings (SSSR count). The van der Waals surface area contributed by atoms with Crippen LogP contribution in [0.25, 0.3) is 11.1 Å². The highest BCUT2D eigenvalue weighted by Gasteiger charge is 2.47. The first-order chi connectivity index (χ1) is 42.3. The van der Waals surface area contributed by atoms with E-state index in [-0.39, 0.29) is 34.1 Å². The number of hydrogen-bond donors (Lipinski definition) is 1. The molecular weight excluding hydrogens is 1070 g/mol. The highest BCUT2D eigenvalue weighted by Crippen LogP contribution is 2.58. The molecule has 4 aromatic carbocycles. The topological polar surface area (TPSA) is 119 Å². The Morgan fingerprint density at radius 3 is 0.837 bits per heavy atom. The molecule has 10 nitrogen and oxygen atoms in total. The molecular formula is C76H121NO9. The molecule has 86 heavy (non-hydrogen) atoms. The van der Waals surface area contributed by atoms with Crippen LogP contribution in [0.2, 0.25) is 0 Å². The summed E-state index contributed by atoms with van der Waals surface area (Å²) in [5, 5.41) is 27.7. The predicted octanol–water partition coefficient (Wildman–Crippen LogP) is 23.2. The quantitative estimate of drug-likeness (QED) is 0.0199. The van der Waals surface area contributed by atoms with Crippen molar-refractivity contribution in [2.45, 2.75) is 296 Å². The number of nitrogens with zero attached hydrogens (tertiary/aromatic N) is 1. The number of ether oxygens (including phenoxy) is 6. The summed E-state index contributed by atoms with van der Waals surface area (Å²) in [7, 11) is 4.36. The predicted molar refractivity (Wildman–Crippen MR) is 361 cm³/mol. The minimum atomic E-state index is -2.15. The van der Waals surface area contributed by atoms with Crippen LogP contribution in [0.15, 0.2) is 72.8 Å². The van der Waals surface area contributed by atoms with Crippen molar-refractivity contribution in [3.63, 3.8) is 0 Å². The van der Waals surface area contributed by atoms with Gasteiger partial charge in [0.2, 0.25) is 5.75 Å². The molecule has 0 aromatic heterocycles. The molecule has 10 heteroatoms. The van der Waals surface area contributed by atoms with Gasteiger partial charge in [0.15, 0.2) is 17.1 Å². The van der Waals surface area contributed by atoms with E-state index in [1.165, 1.54) is 252 Å². The highest BCUT2D eigenvalue weighted by atomic mass is 16.6. The van der Waals surface area contributed by atoms with Crippen LogP contribution in [0, 0.1) is 10.1 Å². The summed E-state index contributed by atoms with van der Waals surface area (Å²) < 4.78 is 36.9. The van der Waals surface area contributed by atoms with E-state index >= 15 is 0 Å². The molecule has 1 N–H and O–H groups in total. The van der Waals surface area contributed by atoms with Crippen LogP contribution < -0.4 is 28.4 Å². The summed E-state index contributed by atoms with van der Waals surface area (Å²) in [6.45, 7) is 8.55. The van der Waals surface area contributed by atoms with E-state index in [2.05, 4.69) is 20.8 Å². The summed E-state index contributed by atoms with van der Waals surface area (Å²) in [5.74, 6) is 2.17. The van der Waals surface area contributed by atoms with E-state index < -0.39 is 10.5 Å². The lowest BCUT2D eigenvalue weighted by Crippen LogP contribution is -2.31. The van der Waals surface area contributed by atoms with Gasteiger partial charge < -0.3 is 33.5 Å². The number of nitro groups is 1. The van der Waals surface area contributed by atoms with Crippen LogP contribution >= 0.6 is 0 Å². The smallest absolute Gasteiger partial charge is 0.291 e. The molecule has 0 aliphatic rings. The van der Waals surface area contributed by atoms with E-state index in [4.69, 9.17) is 28.4 Å². The van der Waals surface area contributed by atoms with Gasteiger partial charge in [-0.15, -0.1) is 0 Å². The third-order valence-electron chi connectivity index (χ3n) is 17.5. The van der Waals surface area contributed by atoms with Crippen molar-refractivity contribution in [2.75, 3.05) is 41.2 Å². The Morgan fingerprint density at radius 1 is 0.349 bits per heavy atom. The van der Waals surface area contributed by atoms with Crippen molar-refractivity contribution in [3.8, 4) is 45.6 Å². The van der Waals surface area contributed by atoms with Gasteiger partial charge in [0.25, 0.3) is 5.69 Å². The largest absolute Gasteiger partial charge is 0.494 e. The summed E-state index contributed by atoms with van der Waals surface area (Å²) in [5.41, 5.74) is -1.24. The maximum atomic E-state index is 13.9. The molecule has 0 radical (unpaired) electrons. The number of rotatable bonds is 56. The van der Waals surface area contributed by atoms with Gasteiger partial charge in [0.05, 0.1) is 46.1 Å². The van der Waals surface area contributed by atoms with E-state index in [0.29, 0.717) is 53.8 Å². The molecule has 0 heterocycles. The molecule has 0 atom stereocenters. The first-order valence-corrected chi connectivity index (χ1v) is 35.2. The Morgan fingerprint density at radius 2 is 0.593 bits per heavy atom. The lowest BCUT2D eigenvalue weighted by Gasteiger charge is -2.33. The van der Waals surface area contributed by atoms with Crippen LogP contribution in [-0.4, -0.2) is 51.2 Å². The Balaban J connectivity index is 1.48. The molecule has 0 saturated heterocycles. The Labute approximate surface area is 524 Å². The van der Waals surface area contributed by atoms with Crippen molar-refractivity contribution >= 4 is 5.69 Å². The van der Waals surface area contributed by atoms with Crippen LogP contribution in [-0.2, 0) is 5.60 Å². The van der Waals surface area contributed by atoms with E-state index in [1.54, 1.807) is 36.4 Å². The molecule has 4 aromatic rings. The van der Waals surface area contributed by atoms with Gasteiger partial charge in [-0.25, -0.2) is 0 Å². The summed E-state index contributed by atoms with van der Waals surface area (Å²) in [6, 6.07) is 21.7. The zero-order valence-corrected chi connectivity index (χ0v) is 55.4. The molecule has 484 valence electrons. The number of benzene rings is 4. The van der Waals surface area contributed by atoms with E-state index in [1.807, 2.05) is 36.4 Å². The Kier molecular flexibility index (Phi) is 40.3. The second-order valence-corrected chi connectivity index (χ2v) is 24.6. The number of aliphatic hydroxyl groups is 1. The fourth-order valence-corrected chi connectivity index (χ4v) is 12.2. The number of hydrogen-bond acceptors (Lipinski definition) is 9. The van der Waals surface area contributed by atoms with Gasteiger partial charge in [0.1, 0.15) is 28.4 Å². The maximum absolute atomic E-state index is 13.9. The highest BCUT2D eigenvalue weighted by molar-refractivity contribution is 5.89. The second-order valence-electron chi connectivity index (χ2n) is 24.6. The van der Waals surface area contributed by atoms with E-state index in [9.17, 15) is 15.2 Å². The first-order valence-electron chi connectivity index (χ1n) is 35.2. The fourth-order valence-electron chi connectivity index (χ4n) is 12.2. The van der Waals surface area contributed by atoms with Crippen LogP contribution in [0.3, 0.4) is 0 Å². The van der Waals surface area contributed by atoms with Gasteiger partial charge in [-0.05, 0) is 72.4 Å². The standard InChI is InChI=1S/C76H121NO9/c1-7-10-13-16-19-22-25-28-31-34-37-40-43-46-61-84-67-55-49-64(50-56-67)70-72(77(79)80)71(74(82-5)75(83-6)73(70)81-4)76(78,65-51-57-68(58-52-65)85-62-47-44-41-38-35-32-29-26-23-20-17-14-11-8-2)66-53-59-69(60-54-66)86-63-48-45-42-39-36-33-30-27-24-21-18-15-12-9-3/h49-60,78H,7-48,61-63H2,1-6H3. The van der Waals surface area contributed by atoms with Gasteiger partial charge in [-0.2, -0.15) is 0 Å². The first kappa shape index (κ1) is 73.5. The SMILES string of the molecule is CCCCCCCCCCCCCCCCOc1ccc(-c2c(OC)c(OC)c(OC)c(C(O)(c3ccc(OCCCCCCCCCCCCCCCC)cc3)c3ccc(OCCCCCCCCCCCCCCCC)cc3)c2[N+](=O)[O-])cc1. The number of methoxy groups -OCH3 is 3. The second kappa shape index (κ2) is 47.1. The minimum Gasteiger partial charge on any atom is -0.494 e. The average Bonchev–Trinajstić information content (AvgIpc) is 0.785. The third kappa shape index (κ3) is 27.6. The Hall–Kier alpha value is -4.96. The van der Waals surface area contributed by atoms with Gasteiger partial charge in [0, 0.05) is 0 Å². The monoisotopic (exact) mass is 1190 g/mol. The molecule has 0 aliphatic heterocycles. The van der Waals surface area contributed by atoms with Gasteiger partial charge >= 0.3 is 0 Å². The van der Waals surface area contributed by atoms with Crippen molar-refractivity contribution < 1.29 is 38.5 Å². The van der Waals surface area contributed by atoms with Gasteiger partial charge in [-0.1, -0.05) is 308 Å². The minimum absolute atomic E-state index is 0.0216. The Bertz CT molecular complexity index is 2220. The van der Waals surface area contributed by atoms with Gasteiger partial charge in [-0.3, -0.25) is 10.1 Å². The zero-order chi connectivity index (χ0) is 61.6.